The van der Waals surface area contributed by atoms with Crippen molar-refractivity contribution >= 4 is 34.7 Å². The van der Waals surface area contributed by atoms with E-state index in [4.69, 9.17) is 5.41 Å². The van der Waals surface area contributed by atoms with Gasteiger partial charge in [-0.1, -0.05) is 0 Å². The van der Waals surface area contributed by atoms with E-state index in [0.29, 0.717) is 30.0 Å². The number of hydrogen-bond donors (Lipinski definition) is 3. The number of nitrogens with zero attached hydrogens (tertiary/aromatic N) is 4. The quantitative estimate of drug-likeness (QED) is 0.365. The molecule has 8 nitrogen and oxygen atoms in total. The number of imidazole rings is 1. The second-order valence-electron chi connectivity index (χ2n) is 8.67. The maximum atomic E-state index is 14.1. The third-order valence-corrected chi connectivity index (χ3v) is 6.96. The first-order valence-electron chi connectivity index (χ1n) is 11.0. The van der Waals surface area contributed by atoms with E-state index in [-0.39, 0.29) is 46.8 Å². The molecule has 0 aliphatic carbocycles. The highest BCUT2D eigenvalue weighted by atomic mass is 32.2. The lowest BCUT2D eigenvalue weighted by Gasteiger charge is -2.37. The van der Waals surface area contributed by atoms with E-state index >= 15 is 0 Å². The zero-order valence-electron chi connectivity index (χ0n) is 18.5. The fraction of sp³-hybridized carbons (Fsp3) is 0.391. The summed E-state index contributed by atoms with van der Waals surface area (Å²) >= 11 is 1.53. The van der Waals surface area contributed by atoms with Crippen molar-refractivity contribution in [3.05, 3.63) is 59.3 Å². The van der Waals surface area contributed by atoms with Crippen molar-refractivity contribution in [2.45, 2.75) is 43.9 Å². The first kappa shape index (κ1) is 22.7. The number of carbonyl (C=O) groups excluding carboxylic acids is 1. The van der Waals surface area contributed by atoms with Gasteiger partial charge >= 0.3 is 0 Å². The minimum atomic E-state index is -0.819. The Kier molecular flexibility index (Phi) is 5.98. The van der Waals surface area contributed by atoms with Gasteiger partial charge in [-0.05, 0) is 38.0 Å². The van der Waals surface area contributed by atoms with Gasteiger partial charge in [-0.15, -0.1) is 11.8 Å². The van der Waals surface area contributed by atoms with E-state index in [1.165, 1.54) is 28.6 Å². The number of aliphatic hydroxyl groups excluding tert-OH is 1. The highest BCUT2D eigenvalue weighted by Crippen LogP contribution is 2.37. The molecule has 0 radical (unpaired) electrons. The van der Waals surface area contributed by atoms with E-state index in [0.717, 1.165) is 25.1 Å². The van der Waals surface area contributed by atoms with Crippen LogP contribution in [0.4, 0.5) is 14.5 Å². The largest absolute Gasteiger partial charge is 0.393 e. The summed E-state index contributed by atoms with van der Waals surface area (Å²) in [6.45, 7) is 0. The normalized spacial score (nSPS) is 21.8. The van der Waals surface area contributed by atoms with Gasteiger partial charge in [0.2, 0.25) is 0 Å². The number of thioether (sulfide) groups is 1. The Morgan fingerprint density at radius 1 is 1.24 bits per heavy atom. The third-order valence-electron chi connectivity index (χ3n) is 6.53. The lowest BCUT2D eigenvalue weighted by Crippen LogP contribution is -2.48. The van der Waals surface area contributed by atoms with Crippen molar-refractivity contribution in [1.29, 1.82) is 5.41 Å². The highest BCUT2D eigenvalue weighted by molar-refractivity contribution is 7.98. The molecule has 2 bridgehead atoms. The van der Waals surface area contributed by atoms with Gasteiger partial charge in [-0.25, -0.2) is 13.8 Å². The lowest BCUT2D eigenvalue weighted by atomic mass is 9.99. The van der Waals surface area contributed by atoms with Crippen LogP contribution in [0.3, 0.4) is 0 Å². The standard InChI is InChI=1S/C23H24F2N6O2S/c1-34-11-29-18-7-19(23(33)31-13-2-3-14(31)6-15(32)5-13)27-8-16(18)21(26)20-9-28-22-17(25)4-12(24)10-30(20)22/h4,7-10,13-15,26,32H,2-3,5-6,11H2,1H3,(H,27,29). The molecule has 3 aromatic heterocycles. The Morgan fingerprint density at radius 2 is 1.97 bits per heavy atom. The van der Waals surface area contributed by atoms with Gasteiger partial charge in [0, 0.05) is 41.8 Å². The SMILES string of the molecule is CSCNc1cc(C(=O)N2C3CCC2CC(O)C3)ncc1C(=N)c1cnc2c(F)cc(F)cn12. The monoisotopic (exact) mass is 486 g/mol. The summed E-state index contributed by atoms with van der Waals surface area (Å²) in [5, 5.41) is 22.0. The molecule has 178 valence electrons. The van der Waals surface area contributed by atoms with E-state index in [1.807, 2.05) is 11.2 Å². The molecule has 2 aliphatic rings. The number of halogens is 2. The maximum Gasteiger partial charge on any atom is 0.273 e. The molecule has 11 heteroatoms. The zero-order chi connectivity index (χ0) is 24.0. The van der Waals surface area contributed by atoms with Gasteiger partial charge in [-0.3, -0.25) is 19.6 Å². The maximum absolute atomic E-state index is 14.1. The van der Waals surface area contributed by atoms with Gasteiger partial charge in [0.25, 0.3) is 5.91 Å². The summed E-state index contributed by atoms with van der Waals surface area (Å²) in [7, 11) is 0. The average Bonchev–Trinajstić information content (AvgIpc) is 3.35. The molecule has 2 saturated heterocycles. The van der Waals surface area contributed by atoms with Crippen LogP contribution < -0.4 is 5.32 Å². The molecule has 2 fully saturated rings. The molecule has 5 heterocycles. The lowest BCUT2D eigenvalue weighted by molar-refractivity contribution is 0.0282. The molecule has 2 atom stereocenters. The predicted octanol–water partition coefficient (Wildman–Crippen LogP) is 3.28. The first-order valence-corrected chi connectivity index (χ1v) is 12.4. The Balaban J connectivity index is 1.50. The number of aliphatic hydroxyl groups is 1. The number of fused-ring (bicyclic) bond motifs is 3. The van der Waals surface area contributed by atoms with Crippen molar-refractivity contribution in [3.63, 3.8) is 0 Å². The summed E-state index contributed by atoms with van der Waals surface area (Å²) in [6, 6.07) is 2.38. The van der Waals surface area contributed by atoms with Crippen LogP contribution in [0.15, 0.2) is 30.7 Å². The molecule has 3 aromatic rings. The van der Waals surface area contributed by atoms with Crippen LogP contribution in [0.2, 0.25) is 0 Å². The van der Waals surface area contributed by atoms with Crippen LogP contribution in [0.1, 0.15) is 47.4 Å². The van der Waals surface area contributed by atoms with Crippen molar-refractivity contribution in [3.8, 4) is 0 Å². The average molecular weight is 487 g/mol. The molecule has 0 spiro atoms. The fourth-order valence-corrected chi connectivity index (χ4v) is 5.32. The van der Waals surface area contributed by atoms with Crippen molar-refractivity contribution in [2.75, 3.05) is 17.4 Å². The number of aromatic nitrogens is 3. The summed E-state index contributed by atoms with van der Waals surface area (Å²) in [4.78, 5) is 23.5. The summed E-state index contributed by atoms with van der Waals surface area (Å²) < 4.78 is 29.1. The molecule has 3 N–H and O–H groups in total. The number of amides is 1. The summed E-state index contributed by atoms with van der Waals surface area (Å²) in [5.41, 5.74) is 1.24. The Morgan fingerprint density at radius 3 is 2.68 bits per heavy atom. The van der Waals surface area contributed by atoms with Gasteiger partial charge in [0.1, 0.15) is 11.5 Å². The molecule has 34 heavy (non-hydrogen) atoms. The van der Waals surface area contributed by atoms with E-state index in [9.17, 15) is 18.7 Å². The molecule has 1 amide bonds. The second-order valence-corrected chi connectivity index (χ2v) is 9.53. The molecule has 5 rings (SSSR count). The molecule has 0 aromatic carbocycles. The molecular formula is C23H24F2N6O2S. The van der Waals surface area contributed by atoms with Gasteiger partial charge in [0.15, 0.2) is 11.5 Å². The Labute approximate surface area is 198 Å². The van der Waals surface area contributed by atoms with Crippen LogP contribution in [-0.4, -0.2) is 66.3 Å². The number of pyridine rings is 2. The zero-order valence-corrected chi connectivity index (χ0v) is 19.3. The molecule has 0 saturated carbocycles. The smallest absolute Gasteiger partial charge is 0.273 e. The van der Waals surface area contributed by atoms with E-state index < -0.39 is 11.6 Å². The Hall–Kier alpha value is -3.05. The van der Waals surface area contributed by atoms with Crippen LogP contribution in [0.25, 0.3) is 5.65 Å². The summed E-state index contributed by atoms with van der Waals surface area (Å²) in [5.74, 6) is -1.27. The number of carbonyl (C=O) groups is 1. The first-order chi connectivity index (χ1) is 16.4. The minimum Gasteiger partial charge on any atom is -0.393 e. The van der Waals surface area contributed by atoms with E-state index in [1.54, 1.807) is 6.07 Å². The molecule has 2 aliphatic heterocycles. The van der Waals surface area contributed by atoms with E-state index in [2.05, 4.69) is 15.3 Å². The third kappa shape index (κ3) is 3.92. The van der Waals surface area contributed by atoms with Gasteiger partial charge < -0.3 is 15.3 Å². The topological polar surface area (TPSA) is 107 Å². The van der Waals surface area contributed by atoms with Crippen LogP contribution in [-0.2, 0) is 0 Å². The fourth-order valence-electron chi connectivity index (χ4n) is 5.02. The minimum absolute atomic E-state index is 0.00609. The molecular weight excluding hydrogens is 462 g/mol. The van der Waals surface area contributed by atoms with Crippen LogP contribution in [0, 0.1) is 17.0 Å². The summed E-state index contributed by atoms with van der Waals surface area (Å²) in [6.07, 6.45) is 8.26. The van der Waals surface area contributed by atoms with Crippen molar-refractivity contribution < 1.29 is 18.7 Å². The second kappa shape index (κ2) is 8.95. The molecule has 2 unspecified atom stereocenters. The van der Waals surface area contributed by atoms with Gasteiger partial charge in [0.05, 0.1) is 29.6 Å². The number of nitrogens with one attached hydrogen (secondary N) is 2. The van der Waals surface area contributed by atoms with Crippen molar-refractivity contribution in [2.24, 2.45) is 0 Å². The van der Waals surface area contributed by atoms with Crippen molar-refractivity contribution in [1.82, 2.24) is 19.3 Å². The number of piperidine rings is 1. The Bertz CT molecular complexity index is 1270. The highest BCUT2D eigenvalue weighted by Gasteiger charge is 2.43. The van der Waals surface area contributed by atoms with Crippen LogP contribution in [0.5, 0.6) is 0 Å². The van der Waals surface area contributed by atoms with Gasteiger partial charge in [-0.2, -0.15) is 0 Å². The number of hydrogen-bond acceptors (Lipinski definition) is 7. The van der Waals surface area contributed by atoms with Crippen LogP contribution >= 0.6 is 11.8 Å². The number of rotatable bonds is 6. The predicted molar refractivity (Wildman–Crippen MR) is 126 cm³/mol. The number of anilines is 1.